The summed E-state index contributed by atoms with van der Waals surface area (Å²) in [6.07, 6.45) is -7.91. The first-order chi connectivity index (χ1) is 5.04. The highest BCUT2D eigenvalue weighted by molar-refractivity contribution is 4.92. The maximum absolute atomic E-state index is 12.7. The van der Waals surface area contributed by atoms with Gasteiger partial charge >= 0.3 is 0 Å². The molecule has 0 aromatic heterocycles. The summed E-state index contributed by atoms with van der Waals surface area (Å²) < 4.78 is 12.7. The molecular formula is C6H11FO4. The van der Waals surface area contributed by atoms with Crippen LogP contribution in [0.25, 0.3) is 0 Å². The van der Waals surface area contributed by atoms with Crippen LogP contribution in [0, 0.1) is 0 Å². The van der Waals surface area contributed by atoms with Crippen molar-refractivity contribution in [1.29, 1.82) is 0 Å². The molecule has 0 aliphatic heterocycles. The van der Waals surface area contributed by atoms with Crippen molar-refractivity contribution in [2.24, 2.45) is 0 Å². The fourth-order valence-electron chi connectivity index (χ4n) is 1.15. The van der Waals surface area contributed by atoms with Crippen molar-refractivity contribution in [1.82, 2.24) is 0 Å². The van der Waals surface area contributed by atoms with Gasteiger partial charge in [-0.2, -0.15) is 0 Å². The summed E-state index contributed by atoms with van der Waals surface area (Å²) in [5.41, 5.74) is 0. The summed E-state index contributed by atoms with van der Waals surface area (Å²) in [5.74, 6) is 0. The number of hydrogen-bond donors (Lipinski definition) is 4. The first-order valence-corrected chi connectivity index (χ1v) is 3.40. The maximum atomic E-state index is 12.7. The molecule has 0 amide bonds. The molecule has 1 aliphatic rings. The molecule has 4 N–H and O–H groups in total. The van der Waals surface area contributed by atoms with E-state index in [-0.39, 0.29) is 6.42 Å². The van der Waals surface area contributed by atoms with Crippen LogP contribution < -0.4 is 0 Å². The van der Waals surface area contributed by atoms with Crippen molar-refractivity contribution in [2.75, 3.05) is 0 Å². The van der Waals surface area contributed by atoms with E-state index in [1.807, 2.05) is 0 Å². The summed E-state index contributed by atoms with van der Waals surface area (Å²) in [6.45, 7) is 0. The Morgan fingerprint density at radius 3 is 1.64 bits per heavy atom. The molecule has 1 aliphatic carbocycles. The molecular weight excluding hydrogens is 155 g/mol. The van der Waals surface area contributed by atoms with E-state index in [9.17, 15) is 4.39 Å². The van der Waals surface area contributed by atoms with Gasteiger partial charge in [0.1, 0.15) is 12.2 Å². The van der Waals surface area contributed by atoms with Crippen molar-refractivity contribution in [2.45, 2.75) is 37.0 Å². The molecule has 0 bridgehead atoms. The fourth-order valence-corrected chi connectivity index (χ4v) is 1.15. The Bertz CT molecular complexity index is 129. The molecule has 0 heterocycles. The molecule has 4 nitrogen and oxygen atoms in total. The van der Waals surface area contributed by atoms with Crippen molar-refractivity contribution in [3.05, 3.63) is 0 Å². The van der Waals surface area contributed by atoms with Crippen LogP contribution in [0.4, 0.5) is 4.39 Å². The molecule has 1 fully saturated rings. The van der Waals surface area contributed by atoms with E-state index in [0.717, 1.165) is 0 Å². The van der Waals surface area contributed by atoms with Gasteiger partial charge in [-0.3, -0.25) is 0 Å². The highest BCUT2D eigenvalue weighted by Gasteiger charge is 2.42. The van der Waals surface area contributed by atoms with Gasteiger partial charge < -0.3 is 20.4 Å². The molecule has 5 atom stereocenters. The number of aliphatic hydroxyl groups is 4. The van der Waals surface area contributed by atoms with Gasteiger partial charge in [0.05, 0.1) is 12.2 Å². The molecule has 1 rings (SSSR count). The summed E-state index contributed by atoms with van der Waals surface area (Å²) in [5, 5.41) is 35.4. The second-order valence-electron chi connectivity index (χ2n) is 2.80. The molecule has 0 aromatic rings. The number of halogens is 1. The van der Waals surface area contributed by atoms with Gasteiger partial charge in [-0.05, 0) is 0 Å². The van der Waals surface area contributed by atoms with Crippen molar-refractivity contribution >= 4 is 0 Å². The van der Waals surface area contributed by atoms with Crippen molar-refractivity contribution in [3.8, 4) is 0 Å². The molecule has 0 aromatic carbocycles. The highest BCUT2D eigenvalue weighted by Crippen LogP contribution is 2.22. The van der Waals surface area contributed by atoms with Crippen molar-refractivity contribution in [3.63, 3.8) is 0 Å². The molecule has 1 saturated carbocycles. The zero-order valence-electron chi connectivity index (χ0n) is 5.76. The Morgan fingerprint density at radius 1 is 0.909 bits per heavy atom. The quantitative estimate of drug-likeness (QED) is 0.341. The summed E-state index contributed by atoms with van der Waals surface area (Å²) in [4.78, 5) is 0. The van der Waals surface area contributed by atoms with Gasteiger partial charge in [0.15, 0.2) is 6.17 Å². The minimum atomic E-state index is -1.96. The lowest BCUT2D eigenvalue weighted by Gasteiger charge is -2.34. The maximum Gasteiger partial charge on any atom is 0.157 e. The second-order valence-corrected chi connectivity index (χ2v) is 2.80. The van der Waals surface area contributed by atoms with Gasteiger partial charge in [-0.25, -0.2) is 4.39 Å². The third kappa shape index (κ3) is 1.51. The largest absolute Gasteiger partial charge is 0.390 e. The van der Waals surface area contributed by atoms with Crippen LogP contribution in [-0.2, 0) is 0 Å². The minimum absolute atomic E-state index is 0.192. The Balaban J connectivity index is 2.63. The monoisotopic (exact) mass is 166 g/mol. The predicted molar refractivity (Wildman–Crippen MR) is 33.5 cm³/mol. The highest BCUT2D eigenvalue weighted by atomic mass is 19.1. The smallest absolute Gasteiger partial charge is 0.157 e. The molecule has 66 valence electrons. The Labute approximate surface area is 62.9 Å². The Morgan fingerprint density at radius 2 is 1.27 bits per heavy atom. The van der Waals surface area contributed by atoms with E-state index in [1.54, 1.807) is 0 Å². The zero-order chi connectivity index (χ0) is 8.59. The van der Waals surface area contributed by atoms with E-state index in [0.29, 0.717) is 0 Å². The number of aliphatic hydroxyl groups excluding tert-OH is 4. The van der Waals surface area contributed by atoms with E-state index in [1.165, 1.54) is 0 Å². The van der Waals surface area contributed by atoms with E-state index >= 15 is 0 Å². The first kappa shape index (κ1) is 8.86. The summed E-state index contributed by atoms with van der Waals surface area (Å²) >= 11 is 0. The standard InChI is InChI=1S/C6H11FO4/c7-4-5(10)2(8)1-3(9)6(4)11/h2-6,8-11H,1H2/t2-,3-,4?,5-,6+/m1/s1. The lowest BCUT2D eigenvalue weighted by molar-refractivity contribution is -0.152. The van der Waals surface area contributed by atoms with Crippen LogP contribution in [0.2, 0.25) is 0 Å². The number of alkyl halides is 1. The van der Waals surface area contributed by atoms with Gasteiger partial charge in [-0.15, -0.1) is 0 Å². The molecule has 1 unspecified atom stereocenters. The number of rotatable bonds is 0. The average molecular weight is 166 g/mol. The summed E-state index contributed by atoms with van der Waals surface area (Å²) in [6, 6.07) is 0. The average Bonchev–Trinajstić information content (AvgIpc) is 1.97. The van der Waals surface area contributed by atoms with Gasteiger partial charge in [0.25, 0.3) is 0 Å². The molecule has 0 saturated heterocycles. The van der Waals surface area contributed by atoms with Crippen LogP contribution in [0.5, 0.6) is 0 Å². The molecule has 5 heteroatoms. The Hall–Kier alpha value is -0.230. The van der Waals surface area contributed by atoms with Gasteiger partial charge in [-0.1, -0.05) is 0 Å². The zero-order valence-corrected chi connectivity index (χ0v) is 5.76. The lowest BCUT2D eigenvalue weighted by atomic mass is 9.88. The van der Waals surface area contributed by atoms with Crippen LogP contribution in [0.3, 0.4) is 0 Å². The molecule has 0 radical (unpaired) electrons. The lowest BCUT2D eigenvalue weighted by Crippen LogP contribution is -2.53. The normalized spacial score (nSPS) is 52.6. The van der Waals surface area contributed by atoms with E-state index in [2.05, 4.69) is 0 Å². The Kier molecular flexibility index (Phi) is 2.43. The van der Waals surface area contributed by atoms with E-state index in [4.69, 9.17) is 20.4 Å². The van der Waals surface area contributed by atoms with Gasteiger partial charge in [0.2, 0.25) is 0 Å². The van der Waals surface area contributed by atoms with Crippen LogP contribution in [-0.4, -0.2) is 51.0 Å². The minimum Gasteiger partial charge on any atom is -0.390 e. The SMILES string of the molecule is O[C@@H]1C[C@@H](O)[C@@H](O)C(F)[C@H]1O. The third-order valence-corrected chi connectivity index (χ3v) is 1.92. The second kappa shape index (κ2) is 3.02. The van der Waals surface area contributed by atoms with Crippen molar-refractivity contribution < 1.29 is 24.8 Å². The van der Waals surface area contributed by atoms with Crippen LogP contribution >= 0.6 is 0 Å². The van der Waals surface area contributed by atoms with Gasteiger partial charge in [0, 0.05) is 6.42 Å². The third-order valence-electron chi connectivity index (χ3n) is 1.92. The fraction of sp³-hybridized carbons (Fsp3) is 1.00. The molecule has 0 spiro atoms. The summed E-state index contributed by atoms with van der Waals surface area (Å²) in [7, 11) is 0. The van der Waals surface area contributed by atoms with E-state index < -0.39 is 30.6 Å². The van der Waals surface area contributed by atoms with Crippen LogP contribution in [0.1, 0.15) is 6.42 Å². The molecule has 11 heavy (non-hydrogen) atoms. The van der Waals surface area contributed by atoms with Crippen LogP contribution in [0.15, 0.2) is 0 Å². The first-order valence-electron chi connectivity index (χ1n) is 3.40. The number of hydrogen-bond acceptors (Lipinski definition) is 4. The predicted octanol–water partition coefficient (Wildman–Crippen LogP) is -1.83. The topological polar surface area (TPSA) is 80.9 Å².